The first-order valence-corrected chi connectivity index (χ1v) is 34.4. The van der Waals surface area contributed by atoms with Crippen molar-refractivity contribution >= 4 is 18.0 Å². The van der Waals surface area contributed by atoms with Crippen LogP contribution in [0.3, 0.4) is 0 Å². The predicted molar refractivity (Wildman–Crippen MR) is 399 cm³/mol. The zero-order chi connectivity index (χ0) is 69.5. The lowest BCUT2D eigenvalue weighted by molar-refractivity contribution is -0.137. The average molecular weight is 1280 g/mol. The molecular formula is C90H104O6. The maximum absolute atomic E-state index is 13.2. The molecule has 0 unspecified atom stereocenters. The highest BCUT2D eigenvalue weighted by atomic mass is 16.5. The van der Waals surface area contributed by atoms with Crippen molar-refractivity contribution in [3.05, 3.63) is 313 Å². The molecule has 0 atom stereocenters. The normalized spacial score (nSPS) is 12.8. The van der Waals surface area contributed by atoms with Gasteiger partial charge in [-0.05, 0) is 158 Å². The molecule has 0 fully saturated rings. The van der Waals surface area contributed by atoms with Gasteiger partial charge in [0.05, 0.1) is 42.8 Å². The summed E-state index contributed by atoms with van der Waals surface area (Å²) in [5.74, 6) is 0.587. The minimum absolute atomic E-state index is 0.00563. The molecule has 0 spiro atoms. The fourth-order valence-electron chi connectivity index (χ4n) is 12.8. The molecule has 0 radical (unpaired) electrons. The van der Waals surface area contributed by atoms with Crippen LogP contribution in [-0.2, 0) is 57.6 Å². The molecule has 0 saturated heterocycles. The lowest BCUT2D eigenvalue weighted by Gasteiger charge is -2.38. The van der Waals surface area contributed by atoms with E-state index >= 15 is 0 Å². The fraction of sp³-hybridized carbons (Fsp3) is 0.356. The fourth-order valence-corrected chi connectivity index (χ4v) is 12.8. The Morgan fingerprint density at radius 3 is 0.729 bits per heavy atom. The molecule has 0 saturated carbocycles. The quantitative estimate of drug-likeness (QED) is 0.0309. The van der Waals surface area contributed by atoms with Gasteiger partial charge in [-0.2, -0.15) is 0 Å². The number of hydrogen-bond acceptors (Lipinski definition) is 6. The number of rotatable bonds is 21. The zero-order valence-electron chi connectivity index (χ0n) is 60.6. The van der Waals surface area contributed by atoms with Crippen LogP contribution >= 0.6 is 0 Å². The molecule has 0 aromatic heterocycles. The largest absolute Gasteiger partial charge is 0.493 e. The van der Waals surface area contributed by atoms with Crippen LogP contribution < -0.4 is 9.47 Å². The molecule has 0 aliphatic rings. The van der Waals surface area contributed by atoms with Gasteiger partial charge >= 0.3 is 11.9 Å². The second-order valence-electron chi connectivity index (χ2n) is 32.2. The van der Waals surface area contributed by atoms with E-state index in [1.165, 1.54) is 72.8 Å². The van der Waals surface area contributed by atoms with Crippen LogP contribution in [0.4, 0.5) is 0 Å². The van der Waals surface area contributed by atoms with Crippen LogP contribution in [0, 0.1) is 0 Å². The van der Waals surface area contributed by atoms with Crippen molar-refractivity contribution in [1.29, 1.82) is 0 Å². The number of hydrogen-bond donors (Lipinski definition) is 0. The summed E-state index contributed by atoms with van der Waals surface area (Å²) in [7, 11) is 0. The van der Waals surface area contributed by atoms with Crippen molar-refractivity contribution in [2.45, 2.75) is 181 Å². The van der Waals surface area contributed by atoms with E-state index in [1.807, 2.05) is 0 Å². The Morgan fingerprint density at radius 1 is 0.271 bits per heavy atom. The molecule has 96 heavy (non-hydrogen) atoms. The Labute approximate surface area is 575 Å². The first-order valence-electron chi connectivity index (χ1n) is 34.4. The summed E-state index contributed by atoms with van der Waals surface area (Å²) in [6.07, 6.45) is 4.10. The topological polar surface area (TPSA) is 71.1 Å². The van der Waals surface area contributed by atoms with E-state index in [4.69, 9.17) is 18.9 Å². The third kappa shape index (κ3) is 16.7. The molecule has 0 aliphatic carbocycles. The highest BCUT2D eigenvalue weighted by Crippen LogP contribution is 2.49. The Morgan fingerprint density at radius 2 is 0.490 bits per heavy atom. The van der Waals surface area contributed by atoms with Crippen molar-refractivity contribution in [3.8, 4) is 11.5 Å². The zero-order valence-corrected chi connectivity index (χ0v) is 60.6. The van der Waals surface area contributed by atoms with E-state index in [0.717, 1.165) is 28.2 Å². The molecule has 0 N–H and O–H groups in total. The number of esters is 2. The molecule has 9 aromatic rings. The second kappa shape index (κ2) is 28.9. The van der Waals surface area contributed by atoms with E-state index in [9.17, 15) is 9.59 Å². The number of benzene rings is 9. The summed E-state index contributed by atoms with van der Waals surface area (Å²) in [6, 6.07) is 79.1. The van der Waals surface area contributed by atoms with Crippen molar-refractivity contribution in [1.82, 2.24) is 0 Å². The summed E-state index contributed by atoms with van der Waals surface area (Å²) in [5.41, 5.74) is 17.0. The summed E-state index contributed by atoms with van der Waals surface area (Å²) in [5, 5.41) is 0. The van der Waals surface area contributed by atoms with Gasteiger partial charge in [0.25, 0.3) is 0 Å². The van der Waals surface area contributed by atoms with Gasteiger partial charge < -0.3 is 18.9 Å². The SMILES string of the molecule is CC(C)(C)c1ccc(C(c2ccc(OCCCOC(=O)/C=C/c3ccc(C(=O)OCCCOc4ccc(C(c5ccc(C(C)(C)C)cc5)(c5ccc(C(C)(C)C)cc5)c5ccc(C(C)(C)C)cc5)cc4)cc3)cc2)(c2ccc(C(C)(C)C)cc2)c2ccc(C(C)(C)C)cc2)cc1. The third-order valence-electron chi connectivity index (χ3n) is 18.8. The molecule has 6 nitrogen and oxygen atoms in total. The Bertz CT molecular complexity index is 3760. The summed E-state index contributed by atoms with van der Waals surface area (Å²) < 4.78 is 23.8. The first-order chi connectivity index (χ1) is 45.2. The lowest BCUT2D eigenvalue weighted by Crippen LogP contribution is -2.31. The summed E-state index contributed by atoms with van der Waals surface area (Å²) in [6.45, 7) is 41.8. The average Bonchev–Trinajstić information content (AvgIpc) is 0.736. The van der Waals surface area contributed by atoms with Gasteiger partial charge in [0.1, 0.15) is 11.5 Å². The number of carbonyl (C=O) groups is 2. The number of carbonyl (C=O) groups excluding carboxylic acids is 2. The van der Waals surface area contributed by atoms with Crippen LogP contribution in [0.5, 0.6) is 11.5 Å². The molecule has 500 valence electrons. The van der Waals surface area contributed by atoms with Crippen LogP contribution in [0.2, 0.25) is 0 Å². The predicted octanol–water partition coefficient (Wildman–Crippen LogP) is 21.9. The third-order valence-corrected chi connectivity index (χ3v) is 18.8. The van der Waals surface area contributed by atoms with E-state index < -0.39 is 22.8 Å². The summed E-state index contributed by atoms with van der Waals surface area (Å²) in [4.78, 5) is 26.0. The van der Waals surface area contributed by atoms with Gasteiger partial charge in [-0.25, -0.2) is 9.59 Å². The Kier molecular flexibility index (Phi) is 21.6. The lowest BCUT2D eigenvalue weighted by atomic mass is 9.64. The van der Waals surface area contributed by atoms with Crippen LogP contribution in [0.15, 0.2) is 224 Å². The first kappa shape index (κ1) is 71.6. The van der Waals surface area contributed by atoms with E-state index in [2.05, 4.69) is 319 Å². The molecule has 6 heteroatoms. The molecule has 0 bridgehead atoms. The molecule has 9 aromatic carbocycles. The maximum atomic E-state index is 13.2. The smallest absolute Gasteiger partial charge is 0.338 e. The molecule has 0 heterocycles. The van der Waals surface area contributed by atoms with Gasteiger partial charge in [0.2, 0.25) is 0 Å². The van der Waals surface area contributed by atoms with E-state index in [1.54, 1.807) is 30.3 Å². The monoisotopic (exact) mass is 1280 g/mol. The van der Waals surface area contributed by atoms with Crippen molar-refractivity contribution < 1.29 is 28.5 Å². The highest BCUT2D eigenvalue weighted by Gasteiger charge is 2.41. The van der Waals surface area contributed by atoms with Crippen LogP contribution in [0.1, 0.15) is 231 Å². The van der Waals surface area contributed by atoms with Gasteiger partial charge in [0, 0.05) is 18.9 Å². The second-order valence-corrected chi connectivity index (χ2v) is 32.2. The standard InChI is InChI=1S/C90H104O6/c1-83(2,3)65-26-38-71(39-27-65)89(72-40-28-66(29-41-72)84(4,5)6,73-42-30-67(31-43-73)85(7,8)9)77-50-54-79(55-51-77)93-59-19-61-95-81(91)58-23-63-21-24-64(25-22-63)82(92)96-62-20-60-94-80-56-52-78(53-57-80)90(74-44-32-68(33-45-74)86(10,11)12,75-46-34-69(35-47-75)87(13,14)15)76-48-36-70(37-49-76)88(16,17)18/h21-58H,19-20,59-62H2,1-18H3/b58-23+. The summed E-state index contributed by atoms with van der Waals surface area (Å²) >= 11 is 0. The van der Waals surface area contributed by atoms with Crippen molar-refractivity contribution in [3.63, 3.8) is 0 Å². The number of ether oxygens (including phenoxy) is 4. The van der Waals surface area contributed by atoms with E-state index in [-0.39, 0.29) is 45.7 Å². The van der Waals surface area contributed by atoms with Crippen LogP contribution in [0.25, 0.3) is 6.08 Å². The van der Waals surface area contributed by atoms with Crippen molar-refractivity contribution in [2.75, 3.05) is 26.4 Å². The van der Waals surface area contributed by atoms with Gasteiger partial charge in [-0.15, -0.1) is 0 Å². The Hall–Kier alpha value is -8.74. The molecule has 0 amide bonds. The van der Waals surface area contributed by atoms with Gasteiger partial charge in [-0.3, -0.25) is 0 Å². The van der Waals surface area contributed by atoms with Crippen molar-refractivity contribution in [2.24, 2.45) is 0 Å². The highest BCUT2D eigenvalue weighted by molar-refractivity contribution is 5.90. The van der Waals surface area contributed by atoms with Crippen LogP contribution in [-0.4, -0.2) is 38.4 Å². The molecular weight excluding hydrogens is 1180 g/mol. The van der Waals surface area contributed by atoms with Gasteiger partial charge in [0.15, 0.2) is 0 Å². The minimum atomic E-state index is -0.634. The minimum Gasteiger partial charge on any atom is -0.493 e. The molecule has 0 aliphatic heterocycles. The Balaban J connectivity index is 0.785. The van der Waals surface area contributed by atoms with Gasteiger partial charge in [-0.1, -0.05) is 307 Å². The molecule has 9 rings (SSSR count). The van der Waals surface area contributed by atoms with E-state index in [0.29, 0.717) is 31.6 Å². The maximum Gasteiger partial charge on any atom is 0.338 e.